The van der Waals surface area contributed by atoms with Crippen molar-refractivity contribution in [3.63, 3.8) is 0 Å². The molecule has 3 aromatic carbocycles. The molecule has 0 bridgehead atoms. The fourth-order valence-electron chi connectivity index (χ4n) is 3.61. The van der Waals surface area contributed by atoms with E-state index in [1.54, 1.807) is 41.9 Å². The second kappa shape index (κ2) is 9.58. The molecule has 5 nitrogen and oxygen atoms in total. The van der Waals surface area contributed by atoms with Gasteiger partial charge in [-0.2, -0.15) is 0 Å². The molecule has 0 atom stereocenters. The van der Waals surface area contributed by atoms with Gasteiger partial charge in [0, 0.05) is 19.2 Å². The molecule has 0 radical (unpaired) electrons. The zero-order chi connectivity index (χ0) is 23.5. The van der Waals surface area contributed by atoms with Crippen molar-refractivity contribution in [1.82, 2.24) is 14.5 Å². The van der Waals surface area contributed by atoms with Crippen LogP contribution in [0.1, 0.15) is 16.7 Å². The summed E-state index contributed by atoms with van der Waals surface area (Å²) in [5.41, 5.74) is 3.63. The fraction of sp³-hybridized carbons (Fsp3) is 0.192. The van der Waals surface area contributed by atoms with E-state index < -0.39 is 0 Å². The first-order valence-corrected chi connectivity index (χ1v) is 11.5. The van der Waals surface area contributed by atoms with E-state index in [1.807, 2.05) is 44.2 Å². The molecule has 33 heavy (non-hydrogen) atoms. The van der Waals surface area contributed by atoms with Crippen molar-refractivity contribution >= 4 is 28.6 Å². The van der Waals surface area contributed by atoms with Crippen molar-refractivity contribution in [2.75, 3.05) is 12.8 Å². The van der Waals surface area contributed by atoms with Crippen LogP contribution in [0.25, 0.3) is 16.6 Å². The first-order chi connectivity index (χ1) is 15.9. The second-order valence-corrected chi connectivity index (χ2v) is 8.84. The highest BCUT2D eigenvalue weighted by Gasteiger charge is 2.18. The zero-order valence-electron chi connectivity index (χ0n) is 18.7. The average molecular weight is 462 g/mol. The van der Waals surface area contributed by atoms with Gasteiger partial charge in [-0.3, -0.25) is 14.2 Å². The van der Waals surface area contributed by atoms with Gasteiger partial charge < -0.3 is 4.90 Å². The van der Waals surface area contributed by atoms with Gasteiger partial charge >= 0.3 is 0 Å². The van der Waals surface area contributed by atoms with Crippen molar-refractivity contribution in [3.8, 4) is 5.69 Å². The Morgan fingerprint density at radius 3 is 2.55 bits per heavy atom. The number of hydrogen-bond acceptors (Lipinski definition) is 4. The molecule has 1 aromatic heterocycles. The molecule has 4 rings (SSSR count). The third kappa shape index (κ3) is 4.68. The molecule has 0 unspecified atom stereocenters. The van der Waals surface area contributed by atoms with Crippen LogP contribution in [0.3, 0.4) is 0 Å². The van der Waals surface area contributed by atoms with Gasteiger partial charge in [0.25, 0.3) is 5.56 Å². The summed E-state index contributed by atoms with van der Waals surface area (Å²) in [6.07, 6.45) is 0. The molecular weight excluding hydrogens is 437 g/mol. The lowest BCUT2D eigenvalue weighted by atomic mass is 10.1. The molecular formula is C26H24FN3O2S. The topological polar surface area (TPSA) is 55.2 Å². The number of fused-ring (bicyclic) bond motifs is 1. The Morgan fingerprint density at radius 1 is 1.03 bits per heavy atom. The van der Waals surface area contributed by atoms with E-state index in [4.69, 9.17) is 4.98 Å². The lowest BCUT2D eigenvalue weighted by Gasteiger charge is -2.19. The van der Waals surface area contributed by atoms with Crippen LogP contribution in [0.2, 0.25) is 0 Å². The number of nitrogens with zero attached hydrogens (tertiary/aromatic N) is 3. The molecule has 168 valence electrons. The standard InChI is InChI=1S/C26H24FN3O2S/c1-17-9-8-14-23(18(17)2)30-25(32)20-11-5-7-13-22(20)28-26(30)33-16-24(31)29(3)15-19-10-4-6-12-21(19)27/h4-14H,15-16H2,1-3H3. The lowest BCUT2D eigenvalue weighted by Crippen LogP contribution is -2.29. The summed E-state index contributed by atoms with van der Waals surface area (Å²) in [6, 6.07) is 19.4. The predicted octanol–water partition coefficient (Wildman–Crippen LogP) is 4.89. The quantitative estimate of drug-likeness (QED) is 0.303. The van der Waals surface area contributed by atoms with Gasteiger partial charge in [0.05, 0.1) is 22.3 Å². The average Bonchev–Trinajstić information content (AvgIpc) is 2.81. The van der Waals surface area contributed by atoms with Crippen molar-refractivity contribution in [2.24, 2.45) is 0 Å². The highest BCUT2D eigenvalue weighted by molar-refractivity contribution is 7.99. The van der Waals surface area contributed by atoms with Gasteiger partial charge in [-0.15, -0.1) is 0 Å². The van der Waals surface area contributed by atoms with Crippen LogP contribution in [0.4, 0.5) is 4.39 Å². The van der Waals surface area contributed by atoms with Crippen LogP contribution in [0, 0.1) is 19.7 Å². The van der Waals surface area contributed by atoms with Gasteiger partial charge in [0.2, 0.25) is 5.91 Å². The Morgan fingerprint density at radius 2 is 1.76 bits per heavy atom. The molecule has 0 aliphatic heterocycles. The number of benzene rings is 3. The number of aryl methyl sites for hydroxylation is 1. The number of aromatic nitrogens is 2. The van der Waals surface area contributed by atoms with E-state index in [9.17, 15) is 14.0 Å². The van der Waals surface area contributed by atoms with E-state index in [0.29, 0.717) is 21.6 Å². The van der Waals surface area contributed by atoms with Gasteiger partial charge in [0.15, 0.2) is 5.16 Å². The van der Waals surface area contributed by atoms with E-state index in [-0.39, 0.29) is 29.6 Å². The Labute approximate surface area is 195 Å². The van der Waals surface area contributed by atoms with Crippen LogP contribution < -0.4 is 5.56 Å². The van der Waals surface area contributed by atoms with Gasteiger partial charge in [-0.1, -0.05) is 54.2 Å². The van der Waals surface area contributed by atoms with Gasteiger partial charge in [-0.05, 0) is 49.2 Å². The van der Waals surface area contributed by atoms with Crippen LogP contribution in [-0.4, -0.2) is 33.2 Å². The molecule has 1 heterocycles. The van der Waals surface area contributed by atoms with Crippen LogP contribution in [0.5, 0.6) is 0 Å². The number of hydrogen-bond donors (Lipinski definition) is 0. The number of rotatable bonds is 6. The maximum absolute atomic E-state index is 14.0. The summed E-state index contributed by atoms with van der Waals surface area (Å²) in [4.78, 5) is 32.4. The predicted molar refractivity (Wildman–Crippen MR) is 130 cm³/mol. The maximum Gasteiger partial charge on any atom is 0.266 e. The summed E-state index contributed by atoms with van der Waals surface area (Å²) < 4.78 is 15.6. The Balaban J connectivity index is 1.67. The smallest absolute Gasteiger partial charge is 0.266 e. The molecule has 0 aliphatic carbocycles. The number of halogens is 1. The molecule has 4 aromatic rings. The Kier molecular flexibility index (Phi) is 6.60. The van der Waals surface area contributed by atoms with E-state index >= 15 is 0 Å². The molecule has 0 aliphatic rings. The van der Waals surface area contributed by atoms with Crippen molar-refractivity contribution in [3.05, 3.63) is 99.6 Å². The first-order valence-electron chi connectivity index (χ1n) is 10.6. The van der Waals surface area contributed by atoms with E-state index in [1.165, 1.54) is 22.7 Å². The number of carbonyl (C=O) groups is 1. The molecule has 0 spiro atoms. The monoisotopic (exact) mass is 461 g/mol. The van der Waals surface area contributed by atoms with Crippen LogP contribution in [-0.2, 0) is 11.3 Å². The number of amides is 1. The first kappa shape index (κ1) is 22.7. The molecule has 0 N–H and O–H groups in total. The summed E-state index contributed by atoms with van der Waals surface area (Å²) >= 11 is 1.20. The van der Waals surface area contributed by atoms with E-state index in [0.717, 1.165) is 16.8 Å². The molecule has 0 saturated carbocycles. The van der Waals surface area contributed by atoms with Crippen LogP contribution >= 0.6 is 11.8 Å². The maximum atomic E-state index is 14.0. The summed E-state index contributed by atoms with van der Waals surface area (Å²) in [7, 11) is 1.64. The third-order valence-corrected chi connectivity index (χ3v) is 6.60. The summed E-state index contributed by atoms with van der Waals surface area (Å²) in [5, 5.41) is 0.964. The molecule has 7 heteroatoms. The zero-order valence-corrected chi connectivity index (χ0v) is 19.5. The largest absolute Gasteiger partial charge is 0.341 e. The molecule has 0 fully saturated rings. The normalized spacial score (nSPS) is 11.0. The SMILES string of the molecule is Cc1cccc(-n2c(SCC(=O)N(C)Cc3ccccc3F)nc3ccccc3c2=O)c1C. The third-order valence-electron chi connectivity index (χ3n) is 5.68. The minimum atomic E-state index is -0.343. The Hall–Kier alpha value is -3.45. The van der Waals surface area contributed by atoms with E-state index in [2.05, 4.69) is 0 Å². The minimum absolute atomic E-state index is 0.0700. The second-order valence-electron chi connectivity index (χ2n) is 7.90. The van der Waals surface area contributed by atoms with Crippen molar-refractivity contribution in [2.45, 2.75) is 25.5 Å². The fourth-order valence-corrected chi connectivity index (χ4v) is 4.55. The lowest BCUT2D eigenvalue weighted by molar-refractivity contribution is -0.127. The molecule has 0 saturated heterocycles. The highest BCUT2D eigenvalue weighted by atomic mass is 32.2. The van der Waals surface area contributed by atoms with Crippen LogP contribution in [0.15, 0.2) is 76.7 Å². The number of thioether (sulfide) groups is 1. The Bertz CT molecular complexity index is 1400. The summed E-state index contributed by atoms with van der Waals surface area (Å²) in [6.45, 7) is 4.13. The minimum Gasteiger partial charge on any atom is -0.341 e. The molecule has 1 amide bonds. The van der Waals surface area contributed by atoms with Gasteiger partial charge in [0.1, 0.15) is 5.82 Å². The number of carbonyl (C=O) groups excluding carboxylic acids is 1. The highest BCUT2D eigenvalue weighted by Crippen LogP contribution is 2.25. The van der Waals surface area contributed by atoms with Crippen molar-refractivity contribution < 1.29 is 9.18 Å². The number of para-hydroxylation sites is 1. The van der Waals surface area contributed by atoms with Gasteiger partial charge in [-0.25, -0.2) is 9.37 Å². The summed E-state index contributed by atoms with van der Waals surface area (Å²) in [5.74, 6) is -0.455. The van der Waals surface area contributed by atoms with Crippen molar-refractivity contribution in [1.29, 1.82) is 0 Å².